The van der Waals surface area contributed by atoms with Gasteiger partial charge in [0.25, 0.3) is 0 Å². The molecule has 1 N–H and O–H groups in total. The Morgan fingerprint density at radius 1 is 1.27 bits per heavy atom. The van der Waals surface area contributed by atoms with Gasteiger partial charge in [-0.25, -0.2) is 0 Å². The second kappa shape index (κ2) is 2.46. The van der Waals surface area contributed by atoms with E-state index in [2.05, 4.69) is 0 Å². The largest absolute Gasteiger partial charge is 0.387 e. The summed E-state index contributed by atoms with van der Waals surface area (Å²) >= 11 is 0. The third-order valence-corrected chi connectivity index (χ3v) is 2.94. The molecule has 0 saturated heterocycles. The Hall–Kier alpha value is -0.0800. The van der Waals surface area contributed by atoms with Crippen molar-refractivity contribution in [1.29, 1.82) is 0 Å². The Labute approximate surface area is 67.6 Å². The topological polar surface area (TPSA) is 29.5 Å². The van der Waals surface area contributed by atoms with Crippen molar-refractivity contribution in [2.24, 2.45) is 11.8 Å². The van der Waals surface area contributed by atoms with Gasteiger partial charge in [-0.15, -0.1) is 0 Å². The minimum Gasteiger partial charge on any atom is -0.387 e. The summed E-state index contributed by atoms with van der Waals surface area (Å²) < 4.78 is 5.06. The molecule has 0 amide bonds. The molecule has 0 bridgehead atoms. The van der Waals surface area contributed by atoms with E-state index in [0.717, 1.165) is 0 Å². The number of rotatable bonds is 4. The fraction of sp³-hybridized carbons (Fsp3) is 1.00. The molecule has 0 aliphatic heterocycles. The van der Waals surface area contributed by atoms with Gasteiger partial charge in [0, 0.05) is 7.11 Å². The molecule has 2 aliphatic rings. The van der Waals surface area contributed by atoms with Crippen molar-refractivity contribution < 1.29 is 9.84 Å². The van der Waals surface area contributed by atoms with Crippen LogP contribution >= 0.6 is 0 Å². The molecule has 0 aromatic rings. The van der Waals surface area contributed by atoms with Gasteiger partial charge in [0.1, 0.15) is 0 Å². The number of methoxy groups -OCH3 is 1. The summed E-state index contributed by atoms with van der Waals surface area (Å²) in [5.41, 5.74) is -0.450. The first-order chi connectivity index (χ1) is 5.27. The van der Waals surface area contributed by atoms with E-state index in [0.29, 0.717) is 18.4 Å². The average molecular weight is 156 g/mol. The predicted octanol–water partition coefficient (Wildman–Crippen LogP) is 1.18. The molecule has 2 nitrogen and oxygen atoms in total. The first-order valence-electron chi connectivity index (χ1n) is 4.48. The van der Waals surface area contributed by atoms with Crippen LogP contribution in [0.4, 0.5) is 0 Å². The van der Waals surface area contributed by atoms with Gasteiger partial charge in [-0.3, -0.25) is 0 Å². The minimum absolute atomic E-state index is 0.450. The van der Waals surface area contributed by atoms with Gasteiger partial charge >= 0.3 is 0 Å². The zero-order chi connectivity index (χ0) is 7.90. The lowest BCUT2D eigenvalue weighted by Gasteiger charge is -2.27. The summed E-state index contributed by atoms with van der Waals surface area (Å²) in [6.45, 7) is 0.544. The SMILES string of the molecule is COCC(O)(C1CC1)C1CC1. The molecule has 64 valence electrons. The normalized spacial score (nSPS) is 25.6. The summed E-state index contributed by atoms with van der Waals surface area (Å²) in [6.07, 6.45) is 4.82. The van der Waals surface area contributed by atoms with E-state index in [-0.39, 0.29) is 0 Å². The summed E-state index contributed by atoms with van der Waals surface area (Å²) in [6, 6.07) is 0. The van der Waals surface area contributed by atoms with Crippen molar-refractivity contribution in [2.45, 2.75) is 31.3 Å². The highest BCUT2D eigenvalue weighted by molar-refractivity contribution is 5.03. The second-order valence-corrected chi connectivity index (χ2v) is 3.97. The van der Waals surface area contributed by atoms with E-state index < -0.39 is 5.60 Å². The van der Waals surface area contributed by atoms with E-state index in [1.165, 1.54) is 25.7 Å². The molecule has 0 radical (unpaired) electrons. The number of hydrogen-bond acceptors (Lipinski definition) is 2. The third-order valence-electron chi connectivity index (χ3n) is 2.94. The van der Waals surface area contributed by atoms with Crippen LogP contribution in [0.5, 0.6) is 0 Å². The Balaban J connectivity index is 1.98. The average Bonchev–Trinajstić information content (AvgIpc) is 2.84. The standard InChI is InChI=1S/C9H16O2/c1-11-6-9(10,7-2-3-7)8-4-5-8/h7-8,10H,2-6H2,1H3. The summed E-state index contributed by atoms with van der Waals surface area (Å²) in [4.78, 5) is 0. The molecule has 2 fully saturated rings. The predicted molar refractivity (Wildman–Crippen MR) is 42.3 cm³/mol. The number of ether oxygens (including phenoxy) is 1. The quantitative estimate of drug-likeness (QED) is 0.662. The minimum atomic E-state index is -0.450. The van der Waals surface area contributed by atoms with Gasteiger partial charge in [-0.2, -0.15) is 0 Å². The Morgan fingerprint density at radius 3 is 2.00 bits per heavy atom. The first-order valence-corrected chi connectivity index (χ1v) is 4.48. The molecule has 2 aliphatic carbocycles. The van der Waals surface area contributed by atoms with Crippen molar-refractivity contribution in [3.8, 4) is 0 Å². The highest BCUT2D eigenvalue weighted by Gasteiger charge is 2.53. The summed E-state index contributed by atoms with van der Waals surface area (Å²) in [7, 11) is 1.68. The van der Waals surface area contributed by atoms with Gasteiger partial charge in [-0.05, 0) is 37.5 Å². The Kier molecular flexibility index (Phi) is 1.69. The highest BCUT2D eigenvalue weighted by Crippen LogP contribution is 2.51. The summed E-state index contributed by atoms with van der Waals surface area (Å²) in [5.74, 6) is 1.10. The molecular weight excluding hydrogens is 140 g/mol. The molecule has 0 aromatic heterocycles. The third kappa shape index (κ3) is 1.30. The van der Waals surface area contributed by atoms with Crippen LogP contribution in [0, 0.1) is 11.8 Å². The van der Waals surface area contributed by atoms with Gasteiger partial charge in [0.05, 0.1) is 12.2 Å². The molecule has 0 unspecified atom stereocenters. The van der Waals surface area contributed by atoms with Gasteiger partial charge in [0.2, 0.25) is 0 Å². The molecule has 0 aromatic carbocycles. The second-order valence-electron chi connectivity index (χ2n) is 3.97. The maximum absolute atomic E-state index is 10.2. The lowest BCUT2D eigenvalue weighted by atomic mass is 9.93. The Bertz CT molecular complexity index is 136. The van der Waals surface area contributed by atoms with Gasteiger partial charge < -0.3 is 9.84 Å². The van der Waals surface area contributed by atoms with Crippen LogP contribution in [-0.2, 0) is 4.74 Å². The molecule has 0 spiro atoms. The maximum atomic E-state index is 10.2. The van der Waals surface area contributed by atoms with Crippen LogP contribution in [0.1, 0.15) is 25.7 Å². The van der Waals surface area contributed by atoms with Gasteiger partial charge in [0.15, 0.2) is 0 Å². The van der Waals surface area contributed by atoms with Crippen molar-refractivity contribution in [3.05, 3.63) is 0 Å². The monoisotopic (exact) mass is 156 g/mol. The van der Waals surface area contributed by atoms with Crippen LogP contribution in [0.25, 0.3) is 0 Å². The summed E-state index contributed by atoms with van der Waals surface area (Å²) in [5, 5.41) is 10.2. The molecule has 0 heterocycles. The molecule has 11 heavy (non-hydrogen) atoms. The van der Waals surface area contributed by atoms with E-state index >= 15 is 0 Å². The number of hydrogen-bond donors (Lipinski definition) is 1. The molecule has 0 atom stereocenters. The first kappa shape index (κ1) is 7.56. The highest BCUT2D eigenvalue weighted by atomic mass is 16.5. The van der Waals surface area contributed by atoms with Crippen molar-refractivity contribution in [1.82, 2.24) is 0 Å². The number of aliphatic hydroxyl groups is 1. The van der Waals surface area contributed by atoms with E-state index in [1.807, 2.05) is 0 Å². The lowest BCUT2D eigenvalue weighted by Crippen LogP contribution is -2.39. The van der Waals surface area contributed by atoms with Crippen LogP contribution < -0.4 is 0 Å². The molecule has 2 rings (SSSR count). The van der Waals surface area contributed by atoms with E-state index in [4.69, 9.17) is 4.74 Å². The lowest BCUT2D eigenvalue weighted by molar-refractivity contribution is -0.0646. The Morgan fingerprint density at radius 2 is 1.73 bits per heavy atom. The zero-order valence-electron chi connectivity index (χ0n) is 7.05. The fourth-order valence-corrected chi connectivity index (χ4v) is 1.97. The van der Waals surface area contributed by atoms with E-state index in [1.54, 1.807) is 7.11 Å². The van der Waals surface area contributed by atoms with Gasteiger partial charge in [-0.1, -0.05) is 0 Å². The zero-order valence-corrected chi connectivity index (χ0v) is 7.05. The van der Waals surface area contributed by atoms with Crippen LogP contribution in [-0.4, -0.2) is 24.4 Å². The maximum Gasteiger partial charge on any atom is 0.0935 e. The fourth-order valence-electron chi connectivity index (χ4n) is 1.97. The van der Waals surface area contributed by atoms with Crippen molar-refractivity contribution in [2.75, 3.05) is 13.7 Å². The van der Waals surface area contributed by atoms with Crippen molar-refractivity contribution >= 4 is 0 Å². The smallest absolute Gasteiger partial charge is 0.0935 e. The molecule has 2 saturated carbocycles. The van der Waals surface area contributed by atoms with E-state index in [9.17, 15) is 5.11 Å². The van der Waals surface area contributed by atoms with Crippen LogP contribution in [0.15, 0.2) is 0 Å². The molecule has 2 heteroatoms. The van der Waals surface area contributed by atoms with Crippen LogP contribution in [0.2, 0.25) is 0 Å². The van der Waals surface area contributed by atoms with Crippen LogP contribution in [0.3, 0.4) is 0 Å². The molecular formula is C9H16O2. The van der Waals surface area contributed by atoms with Crippen molar-refractivity contribution in [3.63, 3.8) is 0 Å².